The predicted molar refractivity (Wildman–Crippen MR) is 81.5 cm³/mol. The lowest BCUT2D eigenvalue weighted by atomic mass is 10.2. The normalized spacial score (nSPS) is 10.6. The van der Waals surface area contributed by atoms with Crippen LogP contribution in [0.2, 0.25) is 0 Å². The SMILES string of the molecule is CCNCc1ccc(SCc2cccc(O)c2)cc1. The van der Waals surface area contributed by atoms with E-state index in [-0.39, 0.29) is 0 Å². The zero-order valence-corrected chi connectivity index (χ0v) is 11.9. The Morgan fingerprint density at radius 1 is 1.05 bits per heavy atom. The summed E-state index contributed by atoms with van der Waals surface area (Å²) in [7, 11) is 0. The first-order chi connectivity index (χ1) is 9.28. The second-order valence-electron chi connectivity index (χ2n) is 4.38. The molecule has 0 heterocycles. The third-order valence-corrected chi connectivity index (χ3v) is 3.90. The van der Waals surface area contributed by atoms with E-state index < -0.39 is 0 Å². The standard InChI is InChI=1S/C16H19NOS/c1-2-17-11-13-6-8-16(9-7-13)19-12-14-4-3-5-15(18)10-14/h3-10,17-18H,2,11-12H2,1H3. The van der Waals surface area contributed by atoms with Gasteiger partial charge in [0.15, 0.2) is 0 Å². The van der Waals surface area contributed by atoms with Crippen molar-refractivity contribution in [1.82, 2.24) is 5.32 Å². The van der Waals surface area contributed by atoms with Crippen LogP contribution in [0.15, 0.2) is 53.4 Å². The quantitative estimate of drug-likeness (QED) is 0.785. The molecule has 2 rings (SSSR count). The number of benzene rings is 2. The van der Waals surface area contributed by atoms with Gasteiger partial charge in [0.2, 0.25) is 0 Å². The maximum Gasteiger partial charge on any atom is 0.115 e. The molecule has 2 N–H and O–H groups in total. The predicted octanol–water partition coefficient (Wildman–Crippen LogP) is 3.79. The molecule has 0 saturated carbocycles. The van der Waals surface area contributed by atoms with E-state index in [1.807, 2.05) is 18.2 Å². The highest BCUT2D eigenvalue weighted by atomic mass is 32.2. The first kappa shape index (κ1) is 14.0. The molecule has 0 aromatic heterocycles. The second-order valence-corrected chi connectivity index (χ2v) is 5.43. The second kappa shape index (κ2) is 7.22. The van der Waals surface area contributed by atoms with Gasteiger partial charge in [-0.05, 0) is 41.9 Å². The highest BCUT2D eigenvalue weighted by Gasteiger charge is 1.98. The van der Waals surface area contributed by atoms with Crippen LogP contribution in [0.1, 0.15) is 18.1 Å². The molecule has 0 aliphatic carbocycles. The Balaban J connectivity index is 1.89. The van der Waals surface area contributed by atoms with Crippen LogP contribution in [-0.4, -0.2) is 11.7 Å². The van der Waals surface area contributed by atoms with Gasteiger partial charge in [0.05, 0.1) is 0 Å². The summed E-state index contributed by atoms with van der Waals surface area (Å²) in [5.74, 6) is 1.21. The molecule has 2 nitrogen and oxygen atoms in total. The van der Waals surface area contributed by atoms with Gasteiger partial charge in [-0.15, -0.1) is 11.8 Å². The molecule has 0 atom stereocenters. The number of aromatic hydroxyl groups is 1. The fraction of sp³-hybridized carbons (Fsp3) is 0.250. The Bertz CT molecular complexity index is 510. The van der Waals surface area contributed by atoms with Crippen molar-refractivity contribution in [2.45, 2.75) is 24.1 Å². The highest BCUT2D eigenvalue weighted by Crippen LogP contribution is 2.24. The summed E-state index contributed by atoms with van der Waals surface area (Å²) in [4.78, 5) is 1.25. The van der Waals surface area contributed by atoms with Gasteiger partial charge < -0.3 is 10.4 Å². The van der Waals surface area contributed by atoms with Crippen LogP contribution in [0.5, 0.6) is 5.75 Å². The number of thioether (sulfide) groups is 1. The first-order valence-corrected chi connectivity index (χ1v) is 7.47. The van der Waals surface area contributed by atoms with Crippen LogP contribution in [0.25, 0.3) is 0 Å². The van der Waals surface area contributed by atoms with Gasteiger partial charge in [-0.2, -0.15) is 0 Å². The van der Waals surface area contributed by atoms with E-state index in [1.54, 1.807) is 17.8 Å². The van der Waals surface area contributed by atoms with Crippen molar-refractivity contribution in [1.29, 1.82) is 0 Å². The van der Waals surface area contributed by atoms with Crippen LogP contribution in [-0.2, 0) is 12.3 Å². The van der Waals surface area contributed by atoms with E-state index >= 15 is 0 Å². The van der Waals surface area contributed by atoms with Crippen LogP contribution < -0.4 is 5.32 Å². The Hall–Kier alpha value is -1.45. The molecule has 0 spiro atoms. The molecular weight excluding hydrogens is 254 g/mol. The Morgan fingerprint density at radius 2 is 1.84 bits per heavy atom. The van der Waals surface area contributed by atoms with Crippen molar-refractivity contribution in [3.8, 4) is 5.75 Å². The molecule has 0 aliphatic heterocycles. The topological polar surface area (TPSA) is 32.3 Å². The molecule has 0 radical (unpaired) electrons. The van der Waals surface area contributed by atoms with E-state index in [0.717, 1.165) is 24.4 Å². The summed E-state index contributed by atoms with van der Waals surface area (Å²) in [6, 6.07) is 16.1. The lowest BCUT2D eigenvalue weighted by Crippen LogP contribution is -2.11. The van der Waals surface area contributed by atoms with Crippen molar-refractivity contribution in [2.75, 3.05) is 6.54 Å². The molecule has 3 heteroatoms. The molecule has 19 heavy (non-hydrogen) atoms. The van der Waals surface area contributed by atoms with Crippen molar-refractivity contribution in [3.63, 3.8) is 0 Å². The first-order valence-electron chi connectivity index (χ1n) is 6.48. The average molecular weight is 273 g/mol. The van der Waals surface area contributed by atoms with Gasteiger partial charge in [-0.25, -0.2) is 0 Å². The van der Waals surface area contributed by atoms with Crippen molar-refractivity contribution < 1.29 is 5.11 Å². The molecule has 0 unspecified atom stereocenters. The molecule has 0 aliphatic rings. The van der Waals surface area contributed by atoms with Crippen molar-refractivity contribution in [3.05, 3.63) is 59.7 Å². The molecule has 100 valence electrons. The number of hydrogen-bond acceptors (Lipinski definition) is 3. The molecular formula is C16H19NOS. The number of rotatable bonds is 6. The third-order valence-electron chi connectivity index (χ3n) is 2.82. The molecule has 2 aromatic rings. The Morgan fingerprint density at radius 3 is 2.53 bits per heavy atom. The number of phenolic OH excluding ortho intramolecular Hbond substituents is 1. The minimum Gasteiger partial charge on any atom is -0.508 e. The van der Waals surface area contributed by atoms with Crippen molar-refractivity contribution >= 4 is 11.8 Å². The summed E-state index contributed by atoms with van der Waals surface area (Å²) < 4.78 is 0. The zero-order valence-electron chi connectivity index (χ0n) is 11.1. The van der Waals surface area contributed by atoms with Crippen LogP contribution in [0.3, 0.4) is 0 Å². The van der Waals surface area contributed by atoms with Gasteiger partial charge in [0.1, 0.15) is 5.75 Å². The van der Waals surface area contributed by atoms with E-state index in [2.05, 4.69) is 36.5 Å². The Kier molecular flexibility index (Phi) is 5.31. The van der Waals surface area contributed by atoms with Gasteiger partial charge in [-0.3, -0.25) is 0 Å². The van der Waals surface area contributed by atoms with E-state index in [0.29, 0.717) is 5.75 Å². The fourth-order valence-electron chi connectivity index (χ4n) is 1.79. The number of nitrogens with one attached hydrogen (secondary N) is 1. The molecule has 0 bridgehead atoms. The van der Waals surface area contributed by atoms with Gasteiger partial charge >= 0.3 is 0 Å². The maximum atomic E-state index is 9.41. The third kappa shape index (κ3) is 4.62. The lowest BCUT2D eigenvalue weighted by molar-refractivity contribution is 0.475. The van der Waals surface area contributed by atoms with Crippen LogP contribution in [0, 0.1) is 0 Å². The minimum atomic E-state index is 0.332. The molecule has 0 saturated heterocycles. The Labute approximate surface area is 118 Å². The summed E-state index contributed by atoms with van der Waals surface area (Å²) >= 11 is 1.78. The molecule has 2 aromatic carbocycles. The van der Waals surface area contributed by atoms with E-state index in [4.69, 9.17) is 0 Å². The van der Waals surface area contributed by atoms with Gasteiger partial charge in [0.25, 0.3) is 0 Å². The number of phenols is 1. The summed E-state index contributed by atoms with van der Waals surface area (Å²) in [5.41, 5.74) is 2.45. The van der Waals surface area contributed by atoms with Crippen molar-refractivity contribution in [2.24, 2.45) is 0 Å². The summed E-state index contributed by atoms with van der Waals surface area (Å²) in [5, 5.41) is 12.7. The lowest BCUT2D eigenvalue weighted by Gasteiger charge is -2.05. The zero-order chi connectivity index (χ0) is 13.5. The number of hydrogen-bond donors (Lipinski definition) is 2. The molecule has 0 amide bonds. The minimum absolute atomic E-state index is 0.332. The van der Waals surface area contributed by atoms with E-state index in [1.165, 1.54) is 10.5 Å². The van der Waals surface area contributed by atoms with E-state index in [9.17, 15) is 5.11 Å². The maximum absolute atomic E-state index is 9.41. The van der Waals surface area contributed by atoms with Gasteiger partial charge in [0, 0.05) is 17.2 Å². The van der Waals surface area contributed by atoms with Crippen LogP contribution >= 0.6 is 11.8 Å². The van der Waals surface area contributed by atoms with Gasteiger partial charge in [-0.1, -0.05) is 31.2 Å². The smallest absolute Gasteiger partial charge is 0.115 e. The summed E-state index contributed by atoms with van der Waals surface area (Å²) in [6.07, 6.45) is 0. The highest BCUT2D eigenvalue weighted by molar-refractivity contribution is 7.98. The monoisotopic (exact) mass is 273 g/mol. The fourth-order valence-corrected chi connectivity index (χ4v) is 2.63. The average Bonchev–Trinajstić information content (AvgIpc) is 2.44. The molecule has 0 fully saturated rings. The van der Waals surface area contributed by atoms with Crippen LogP contribution in [0.4, 0.5) is 0 Å². The largest absolute Gasteiger partial charge is 0.508 e. The summed E-state index contributed by atoms with van der Waals surface area (Å²) in [6.45, 7) is 4.03.